The van der Waals surface area contributed by atoms with Crippen molar-refractivity contribution < 1.29 is 4.74 Å². The standard InChI is InChI=1S/C8H16N2OS/c9-3-7-6-12-2-1-10(7)8-4-11-5-8/h7-8H,1-6,9H2. The molecule has 4 heteroatoms. The number of hydrogen-bond donors (Lipinski definition) is 1. The lowest BCUT2D eigenvalue weighted by molar-refractivity contribution is -0.0742. The predicted octanol–water partition coefficient (Wildman–Crippen LogP) is -0.239. The van der Waals surface area contributed by atoms with Crippen LogP contribution in [-0.4, -0.2) is 54.8 Å². The zero-order valence-corrected chi connectivity index (χ0v) is 8.05. The highest BCUT2D eigenvalue weighted by atomic mass is 32.2. The van der Waals surface area contributed by atoms with Gasteiger partial charge in [0, 0.05) is 30.6 Å². The Kier molecular flexibility index (Phi) is 2.91. The van der Waals surface area contributed by atoms with Gasteiger partial charge in [0.1, 0.15) is 0 Å². The zero-order chi connectivity index (χ0) is 8.39. The van der Waals surface area contributed by atoms with E-state index in [1.54, 1.807) is 0 Å². The Hall–Kier alpha value is 0.230. The minimum atomic E-state index is 0.595. The van der Waals surface area contributed by atoms with Crippen LogP contribution < -0.4 is 5.73 Å². The summed E-state index contributed by atoms with van der Waals surface area (Å²) in [6.45, 7) is 3.83. The van der Waals surface area contributed by atoms with E-state index in [-0.39, 0.29) is 0 Å². The smallest absolute Gasteiger partial charge is 0.0645 e. The Morgan fingerprint density at radius 1 is 1.50 bits per heavy atom. The van der Waals surface area contributed by atoms with Crippen molar-refractivity contribution in [2.24, 2.45) is 5.73 Å². The first-order valence-corrected chi connectivity index (χ1v) is 5.68. The molecule has 0 amide bonds. The molecule has 0 bridgehead atoms. The van der Waals surface area contributed by atoms with Crippen molar-refractivity contribution >= 4 is 11.8 Å². The van der Waals surface area contributed by atoms with Gasteiger partial charge in [0.2, 0.25) is 0 Å². The summed E-state index contributed by atoms with van der Waals surface area (Å²) < 4.78 is 5.19. The molecule has 0 aliphatic carbocycles. The lowest BCUT2D eigenvalue weighted by Gasteiger charge is -2.44. The van der Waals surface area contributed by atoms with Crippen LogP contribution in [0.4, 0.5) is 0 Å². The topological polar surface area (TPSA) is 38.5 Å². The van der Waals surface area contributed by atoms with Gasteiger partial charge in [0.05, 0.1) is 19.3 Å². The highest BCUT2D eigenvalue weighted by Gasteiger charge is 2.32. The second kappa shape index (κ2) is 3.96. The van der Waals surface area contributed by atoms with Gasteiger partial charge in [-0.2, -0.15) is 11.8 Å². The fourth-order valence-electron chi connectivity index (χ4n) is 1.77. The van der Waals surface area contributed by atoms with E-state index in [1.165, 1.54) is 18.1 Å². The van der Waals surface area contributed by atoms with E-state index >= 15 is 0 Å². The van der Waals surface area contributed by atoms with Crippen LogP contribution in [0.5, 0.6) is 0 Å². The van der Waals surface area contributed by atoms with E-state index in [9.17, 15) is 0 Å². The van der Waals surface area contributed by atoms with Crippen LogP contribution in [-0.2, 0) is 4.74 Å². The van der Waals surface area contributed by atoms with Gasteiger partial charge in [-0.15, -0.1) is 0 Å². The van der Waals surface area contributed by atoms with Gasteiger partial charge in [-0.25, -0.2) is 0 Å². The van der Waals surface area contributed by atoms with E-state index < -0.39 is 0 Å². The Morgan fingerprint density at radius 2 is 2.33 bits per heavy atom. The second-order valence-corrected chi connectivity index (χ2v) is 4.54. The summed E-state index contributed by atoms with van der Waals surface area (Å²) in [6, 6.07) is 1.26. The van der Waals surface area contributed by atoms with Crippen molar-refractivity contribution in [1.29, 1.82) is 0 Å². The van der Waals surface area contributed by atoms with Crippen molar-refractivity contribution in [3.63, 3.8) is 0 Å². The van der Waals surface area contributed by atoms with Crippen molar-refractivity contribution in [3.05, 3.63) is 0 Å². The van der Waals surface area contributed by atoms with Crippen LogP contribution in [0.15, 0.2) is 0 Å². The number of nitrogens with two attached hydrogens (primary N) is 1. The molecule has 70 valence electrons. The number of hydrogen-bond acceptors (Lipinski definition) is 4. The van der Waals surface area contributed by atoms with Crippen molar-refractivity contribution in [1.82, 2.24) is 4.90 Å². The van der Waals surface area contributed by atoms with Crippen molar-refractivity contribution in [3.8, 4) is 0 Å². The molecule has 1 unspecified atom stereocenters. The van der Waals surface area contributed by atoms with Crippen LogP contribution in [0, 0.1) is 0 Å². The summed E-state index contributed by atoms with van der Waals surface area (Å²) in [6.07, 6.45) is 0. The fourth-order valence-corrected chi connectivity index (χ4v) is 2.87. The molecule has 0 aromatic rings. The molecule has 12 heavy (non-hydrogen) atoms. The predicted molar refractivity (Wildman–Crippen MR) is 51.5 cm³/mol. The summed E-state index contributed by atoms with van der Waals surface area (Å²) in [5, 5.41) is 0. The third-order valence-corrected chi connectivity index (χ3v) is 3.73. The quantitative estimate of drug-likeness (QED) is 0.649. The summed E-state index contributed by atoms with van der Waals surface area (Å²) >= 11 is 2.02. The van der Waals surface area contributed by atoms with E-state index in [0.29, 0.717) is 12.1 Å². The molecule has 2 heterocycles. The molecule has 0 spiro atoms. The summed E-state index contributed by atoms with van der Waals surface area (Å²) in [5.74, 6) is 2.46. The van der Waals surface area contributed by atoms with E-state index in [4.69, 9.17) is 10.5 Å². The van der Waals surface area contributed by atoms with Gasteiger partial charge in [-0.05, 0) is 0 Å². The summed E-state index contributed by atoms with van der Waals surface area (Å²) in [7, 11) is 0. The van der Waals surface area contributed by atoms with Crippen LogP contribution in [0.2, 0.25) is 0 Å². The van der Waals surface area contributed by atoms with Gasteiger partial charge in [0.25, 0.3) is 0 Å². The minimum absolute atomic E-state index is 0.595. The second-order valence-electron chi connectivity index (χ2n) is 3.39. The van der Waals surface area contributed by atoms with Crippen molar-refractivity contribution in [2.75, 3.05) is 37.8 Å². The average Bonchev–Trinajstić information content (AvgIpc) is 2.02. The molecule has 0 radical (unpaired) electrons. The SMILES string of the molecule is NCC1CSCCN1C1COC1. The Morgan fingerprint density at radius 3 is 2.92 bits per heavy atom. The molecule has 2 saturated heterocycles. The molecule has 2 aliphatic heterocycles. The van der Waals surface area contributed by atoms with Gasteiger partial charge in [0.15, 0.2) is 0 Å². The first kappa shape index (κ1) is 8.81. The molecule has 2 fully saturated rings. The first-order valence-electron chi connectivity index (χ1n) is 4.53. The lowest BCUT2D eigenvalue weighted by atomic mass is 10.1. The van der Waals surface area contributed by atoms with Crippen LogP contribution in [0.3, 0.4) is 0 Å². The largest absolute Gasteiger partial charge is 0.378 e. The molecular formula is C8H16N2OS. The number of ether oxygens (including phenoxy) is 1. The lowest BCUT2D eigenvalue weighted by Crippen LogP contribution is -2.58. The van der Waals surface area contributed by atoms with Gasteiger partial charge >= 0.3 is 0 Å². The van der Waals surface area contributed by atoms with Gasteiger partial charge in [-0.3, -0.25) is 4.90 Å². The maximum atomic E-state index is 5.71. The molecule has 2 aliphatic rings. The monoisotopic (exact) mass is 188 g/mol. The minimum Gasteiger partial charge on any atom is -0.378 e. The Labute approximate surface area is 77.6 Å². The third-order valence-electron chi connectivity index (χ3n) is 2.63. The fraction of sp³-hybridized carbons (Fsp3) is 1.00. The average molecular weight is 188 g/mol. The Bertz CT molecular complexity index is 152. The third kappa shape index (κ3) is 1.62. The van der Waals surface area contributed by atoms with Crippen LogP contribution >= 0.6 is 11.8 Å². The van der Waals surface area contributed by atoms with Crippen molar-refractivity contribution in [2.45, 2.75) is 12.1 Å². The molecule has 2 N–H and O–H groups in total. The van der Waals surface area contributed by atoms with E-state index in [2.05, 4.69) is 4.90 Å². The molecule has 2 rings (SSSR count). The zero-order valence-electron chi connectivity index (χ0n) is 7.24. The molecule has 0 saturated carbocycles. The summed E-state index contributed by atoms with van der Waals surface area (Å²) in [4.78, 5) is 2.53. The highest BCUT2D eigenvalue weighted by Crippen LogP contribution is 2.21. The van der Waals surface area contributed by atoms with E-state index in [1.807, 2.05) is 11.8 Å². The first-order chi connectivity index (χ1) is 5.92. The Balaban J connectivity index is 1.90. The number of thioether (sulfide) groups is 1. The molecule has 0 aromatic carbocycles. The number of nitrogens with zero attached hydrogens (tertiary/aromatic N) is 1. The molecule has 0 aromatic heterocycles. The van der Waals surface area contributed by atoms with Gasteiger partial charge < -0.3 is 10.5 Å². The molecule has 3 nitrogen and oxygen atoms in total. The number of rotatable bonds is 2. The highest BCUT2D eigenvalue weighted by molar-refractivity contribution is 7.99. The summed E-state index contributed by atoms with van der Waals surface area (Å²) in [5.41, 5.74) is 5.71. The normalized spacial score (nSPS) is 33.2. The maximum Gasteiger partial charge on any atom is 0.0645 e. The van der Waals surface area contributed by atoms with Crippen LogP contribution in [0.25, 0.3) is 0 Å². The molecule has 1 atom stereocenters. The van der Waals surface area contributed by atoms with E-state index in [0.717, 1.165) is 19.8 Å². The maximum absolute atomic E-state index is 5.71. The van der Waals surface area contributed by atoms with Gasteiger partial charge in [-0.1, -0.05) is 0 Å². The molecular weight excluding hydrogens is 172 g/mol. The van der Waals surface area contributed by atoms with Crippen LogP contribution in [0.1, 0.15) is 0 Å².